The van der Waals surface area contributed by atoms with Gasteiger partial charge in [0.1, 0.15) is 0 Å². The summed E-state index contributed by atoms with van der Waals surface area (Å²) in [6.45, 7) is 0.681. The predicted octanol–water partition coefficient (Wildman–Crippen LogP) is -1.28. The first-order valence-electron chi connectivity index (χ1n) is 3.36. The van der Waals surface area contributed by atoms with Crippen molar-refractivity contribution < 1.29 is 20.1 Å². The summed E-state index contributed by atoms with van der Waals surface area (Å²) in [4.78, 5) is 10.2. The van der Waals surface area contributed by atoms with Crippen molar-refractivity contribution in [2.75, 3.05) is 26.3 Å². The fourth-order valence-electron chi connectivity index (χ4n) is 0.744. The Bertz CT molecular complexity index is 120. The molecule has 0 rings (SSSR count). The van der Waals surface area contributed by atoms with Crippen molar-refractivity contribution in [1.29, 1.82) is 0 Å². The molecule has 72 valence electrons. The molecule has 0 saturated heterocycles. The van der Waals surface area contributed by atoms with Gasteiger partial charge in [-0.05, 0) is 0 Å². The normalized spacial score (nSPS) is 9.25. The van der Waals surface area contributed by atoms with Crippen LogP contribution in [0.5, 0.6) is 0 Å². The first kappa shape index (κ1) is 15.0. The molecule has 0 amide bonds. The number of hydrogen-bond donors (Lipinski definition) is 3. The average molecular weight is 301 g/mol. The first-order valence-corrected chi connectivity index (χ1v) is 7.19. The van der Waals surface area contributed by atoms with Crippen molar-refractivity contribution in [3.8, 4) is 0 Å². The van der Waals surface area contributed by atoms with Gasteiger partial charge in [0.15, 0.2) is 0 Å². The van der Waals surface area contributed by atoms with Crippen molar-refractivity contribution in [2.24, 2.45) is 0 Å². The topological polar surface area (TPSA) is 81.0 Å². The predicted molar refractivity (Wildman–Crippen MR) is 48.2 cm³/mol. The second kappa shape index (κ2) is 9.60. The van der Waals surface area contributed by atoms with Crippen LogP contribution in [-0.2, 0) is 0 Å². The van der Waals surface area contributed by atoms with Gasteiger partial charge < -0.3 is 0 Å². The molecule has 0 aromatic carbocycles. The zero-order valence-electron chi connectivity index (χ0n) is 6.64. The number of nitrogens with zero attached hydrogens (tertiary/aromatic N) is 1. The quantitative estimate of drug-likeness (QED) is 0.570. The second-order valence-corrected chi connectivity index (χ2v) is 7.30. The maximum absolute atomic E-state index is 10.2. The number of rotatable bonds is 6. The summed E-state index contributed by atoms with van der Waals surface area (Å²) in [6, 6.07) is 0. The van der Waals surface area contributed by atoms with Crippen LogP contribution in [0, 0.1) is 0 Å². The van der Waals surface area contributed by atoms with Gasteiger partial charge in [-0.25, -0.2) is 0 Å². The summed E-state index contributed by atoms with van der Waals surface area (Å²) in [7, 11) is 0. The second-order valence-electron chi connectivity index (χ2n) is 2.12. The summed E-state index contributed by atoms with van der Waals surface area (Å²) >= 11 is -1.94. The van der Waals surface area contributed by atoms with Crippen molar-refractivity contribution in [1.82, 2.24) is 2.89 Å². The minimum absolute atomic E-state index is 0. The molecular formula is C5H13ClInNO4. The molecule has 0 bridgehead atoms. The summed E-state index contributed by atoms with van der Waals surface area (Å²) in [5, 5.41) is 25.4. The van der Waals surface area contributed by atoms with E-state index in [0.29, 0.717) is 13.1 Å². The molecule has 0 aromatic rings. The van der Waals surface area contributed by atoms with Gasteiger partial charge in [0.25, 0.3) is 0 Å². The van der Waals surface area contributed by atoms with Gasteiger partial charge in [0.2, 0.25) is 0 Å². The molecule has 0 aliphatic heterocycles. The molecule has 7 heteroatoms. The van der Waals surface area contributed by atoms with Crippen LogP contribution in [0.2, 0.25) is 0 Å². The van der Waals surface area contributed by atoms with Crippen LogP contribution in [0.15, 0.2) is 0 Å². The summed E-state index contributed by atoms with van der Waals surface area (Å²) in [6.07, 6.45) is 0. The third-order valence-corrected chi connectivity index (χ3v) is 5.04. The van der Waals surface area contributed by atoms with E-state index in [9.17, 15) is 4.79 Å². The Morgan fingerprint density at radius 3 is 1.92 bits per heavy atom. The first-order chi connectivity index (χ1) is 5.20. The zero-order valence-corrected chi connectivity index (χ0v) is 11.5. The van der Waals surface area contributed by atoms with Gasteiger partial charge in [-0.1, -0.05) is 0 Å². The maximum atomic E-state index is 10.2. The average Bonchev–Trinajstić information content (AvgIpc) is 1.87. The number of hydrogen-bond acceptors (Lipinski definition) is 4. The van der Waals surface area contributed by atoms with Crippen molar-refractivity contribution >= 4 is 39.3 Å². The number of aliphatic hydroxyl groups excluding tert-OH is 2. The Hall–Kier alpha value is 0.510. The van der Waals surface area contributed by atoms with E-state index in [1.54, 1.807) is 2.89 Å². The fourth-order valence-corrected chi connectivity index (χ4v) is 3.55. The molecule has 0 saturated carbocycles. The number of aliphatic hydroxyl groups is 2. The van der Waals surface area contributed by atoms with Crippen molar-refractivity contribution in [3.05, 3.63) is 0 Å². The summed E-state index contributed by atoms with van der Waals surface area (Å²) in [5.74, 6) is 0. The third-order valence-electron chi connectivity index (χ3n) is 1.19. The van der Waals surface area contributed by atoms with E-state index >= 15 is 0 Å². The third kappa shape index (κ3) is 8.61. The van der Waals surface area contributed by atoms with Gasteiger partial charge in [-0.3, -0.25) is 0 Å². The van der Waals surface area contributed by atoms with Gasteiger partial charge in [-0.15, -0.1) is 12.4 Å². The van der Waals surface area contributed by atoms with E-state index in [2.05, 4.69) is 0 Å². The molecular weight excluding hydrogens is 288 g/mol. The van der Waals surface area contributed by atoms with E-state index in [0.717, 1.165) is 0 Å². The molecule has 12 heavy (non-hydrogen) atoms. The molecule has 0 spiro atoms. The molecule has 5 nitrogen and oxygen atoms in total. The van der Waals surface area contributed by atoms with E-state index < -0.39 is 26.9 Å². The van der Waals surface area contributed by atoms with Crippen LogP contribution in [0.1, 0.15) is 0 Å². The molecule has 0 radical (unpaired) electrons. The fraction of sp³-hybridized carbons (Fsp3) is 0.800. The Labute approximate surface area is 88.5 Å². The van der Waals surface area contributed by atoms with Crippen LogP contribution in [0.4, 0.5) is 4.79 Å². The zero-order chi connectivity index (χ0) is 8.69. The molecule has 0 aliphatic rings. The summed E-state index contributed by atoms with van der Waals surface area (Å²) < 4.78 is 0.929. The molecule has 0 fully saturated rings. The monoisotopic (exact) mass is 301 g/mol. The van der Waals surface area contributed by atoms with Crippen molar-refractivity contribution in [2.45, 2.75) is 0 Å². The van der Waals surface area contributed by atoms with Gasteiger partial charge in [0.05, 0.1) is 0 Å². The van der Waals surface area contributed by atoms with Crippen LogP contribution >= 0.6 is 12.4 Å². The van der Waals surface area contributed by atoms with Crippen LogP contribution in [-0.4, -0.2) is 71.4 Å². The number of carbonyl (C=O) groups is 1. The Morgan fingerprint density at radius 1 is 1.25 bits per heavy atom. The van der Waals surface area contributed by atoms with Crippen molar-refractivity contribution in [3.63, 3.8) is 0 Å². The van der Waals surface area contributed by atoms with E-state index in [-0.39, 0.29) is 25.6 Å². The number of halogens is 1. The Morgan fingerprint density at radius 2 is 1.67 bits per heavy atom. The molecule has 0 atom stereocenters. The van der Waals surface area contributed by atoms with Gasteiger partial charge in [0, 0.05) is 0 Å². The SMILES string of the molecule is Cl.O=[C](O)[InH][N](CCO)CCO. The standard InChI is InChI=1S/C4H10NO2.CHO2.ClH.In.H/c6-3-1-5-2-4-7;2-1-3;;;/h6-7H,1-4H2;(H,2,3);1H;;/q-1;;;+1;. The van der Waals surface area contributed by atoms with E-state index in [1.165, 1.54) is 0 Å². The molecule has 0 heterocycles. The number of carboxylic acid groups (broad SMARTS) is 1. The summed E-state index contributed by atoms with van der Waals surface area (Å²) in [5.41, 5.74) is 0. The molecule has 0 unspecified atom stereocenters. The van der Waals surface area contributed by atoms with E-state index in [4.69, 9.17) is 15.3 Å². The van der Waals surface area contributed by atoms with Crippen LogP contribution in [0.3, 0.4) is 0 Å². The molecule has 0 aliphatic carbocycles. The van der Waals surface area contributed by atoms with Crippen LogP contribution in [0.25, 0.3) is 0 Å². The van der Waals surface area contributed by atoms with E-state index in [1.807, 2.05) is 0 Å². The Balaban J connectivity index is 0. The van der Waals surface area contributed by atoms with Gasteiger partial charge in [-0.2, -0.15) is 0 Å². The van der Waals surface area contributed by atoms with Gasteiger partial charge >= 0.3 is 76.2 Å². The molecule has 3 N–H and O–H groups in total. The Kier molecular flexibility index (Phi) is 12.0. The molecule has 0 aromatic heterocycles. The minimum atomic E-state index is -1.94. The van der Waals surface area contributed by atoms with Crippen LogP contribution < -0.4 is 0 Å².